The highest BCUT2D eigenvalue weighted by Gasteiger charge is 2.17. The number of fused-ring (bicyclic) bond motifs is 1. The Bertz CT molecular complexity index is 596. The lowest BCUT2D eigenvalue weighted by atomic mass is 10.0. The molecule has 3 N–H and O–H groups in total. The number of carbonyl (C=O) groups is 1. The molecule has 0 saturated carbocycles. The van der Waals surface area contributed by atoms with Gasteiger partial charge < -0.3 is 11.1 Å². The maximum Gasteiger partial charge on any atom is 0.224 e. The first kappa shape index (κ1) is 14.0. The summed E-state index contributed by atoms with van der Waals surface area (Å²) in [6.07, 6.45) is 3.28. The first-order valence-corrected chi connectivity index (χ1v) is 8.27. The van der Waals surface area contributed by atoms with E-state index in [0.29, 0.717) is 6.42 Å². The fourth-order valence-corrected chi connectivity index (χ4v) is 3.09. The molecule has 5 nitrogen and oxygen atoms in total. The van der Waals surface area contributed by atoms with Crippen LogP contribution in [0.3, 0.4) is 0 Å². The third-order valence-electron chi connectivity index (χ3n) is 3.16. The van der Waals surface area contributed by atoms with Gasteiger partial charge >= 0.3 is 0 Å². The highest BCUT2D eigenvalue weighted by atomic mass is 32.2. The van der Waals surface area contributed by atoms with Crippen LogP contribution in [-0.2, 0) is 21.1 Å². The van der Waals surface area contributed by atoms with Gasteiger partial charge in [-0.05, 0) is 30.0 Å². The SMILES string of the molecule is CS(=O)(=O)CC(N)c1ccc2c(c1)CCCC(=O)N2. The lowest BCUT2D eigenvalue weighted by Gasteiger charge is -2.14. The van der Waals surface area contributed by atoms with E-state index in [1.54, 1.807) is 12.1 Å². The summed E-state index contributed by atoms with van der Waals surface area (Å²) < 4.78 is 22.5. The van der Waals surface area contributed by atoms with E-state index in [9.17, 15) is 13.2 Å². The van der Waals surface area contributed by atoms with Crippen LogP contribution in [0.2, 0.25) is 0 Å². The van der Waals surface area contributed by atoms with Crippen molar-refractivity contribution < 1.29 is 13.2 Å². The van der Waals surface area contributed by atoms with Crippen molar-refractivity contribution in [1.29, 1.82) is 0 Å². The first-order valence-electron chi connectivity index (χ1n) is 6.21. The number of sulfone groups is 1. The van der Waals surface area contributed by atoms with Crippen molar-refractivity contribution in [2.75, 3.05) is 17.3 Å². The molecule has 1 aliphatic heterocycles. The van der Waals surface area contributed by atoms with Gasteiger partial charge in [0.25, 0.3) is 0 Å². The second-order valence-electron chi connectivity index (χ2n) is 5.02. The molecule has 0 aliphatic carbocycles. The highest BCUT2D eigenvalue weighted by Crippen LogP contribution is 2.25. The van der Waals surface area contributed by atoms with Crippen molar-refractivity contribution in [2.45, 2.75) is 25.3 Å². The quantitative estimate of drug-likeness (QED) is 0.865. The number of aryl methyl sites for hydroxylation is 1. The Morgan fingerprint density at radius 1 is 1.37 bits per heavy atom. The second-order valence-corrected chi connectivity index (χ2v) is 7.20. The lowest BCUT2D eigenvalue weighted by molar-refractivity contribution is -0.116. The van der Waals surface area contributed by atoms with E-state index < -0.39 is 15.9 Å². The summed E-state index contributed by atoms with van der Waals surface area (Å²) in [5, 5.41) is 2.84. The zero-order valence-electron chi connectivity index (χ0n) is 10.8. The van der Waals surface area contributed by atoms with Crippen LogP contribution in [0.5, 0.6) is 0 Å². The van der Waals surface area contributed by atoms with Crippen LogP contribution in [0.4, 0.5) is 5.69 Å². The monoisotopic (exact) mass is 282 g/mol. The standard InChI is InChI=1S/C13H18N2O3S/c1-19(17,18)8-11(14)9-5-6-12-10(7-9)3-2-4-13(16)15-12/h5-7,11H,2-4,8,14H2,1H3,(H,15,16). The van der Waals surface area contributed by atoms with Gasteiger partial charge in [-0.25, -0.2) is 8.42 Å². The summed E-state index contributed by atoms with van der Waals surface area (Å²) in [5.74, 6) is -0.0510. The van der Waals surface area contributed by atoms with Gasteiger partial charge in [-0.2, -0.15) is 0 Å². The van der Waals surface area contributed by atoms with Crippen LogP contribution in [0.25, 0.3) is 0 Å². The van der Waals surface area contributed by atoms with Gasteiger partial charge in [0.15, 0.2) is 0 Å². The summed E-state index contributed by atoms with van der Waals surface area (Å²) >= 11 is 0. The largest absolute Gasteiger partial charge is 0.326 e. The second kappa shape index (κ2) is 5.30. The van der Waals surface area contributed by atoms with E-state index in [0.717, 1.165) is 29.7 Å². The number of anilines is 1. The van der Waals surface area contributed by atoms with Gasteiger partial charge in [-0.3, -0.25) is 4.79 Å². The number of benzene rings is 1. The van der Waals surface area contributed by atoms with Crippen LogP contribution < -0.4 is 11.1 Å². The molecule has 1 aromatic carbocycles. The molecule has 1 unspecified atom stereocenters. The molecule has 1 amide bonds. The number of nitrogens with two attached hydrogens (primary N) is 1. The lowest BCUT2D eigenvalue weighted by Crippen LogP contribution is -2.21. The molecule has 0 bridgehead atoms. The molecule has 2 rings (SSSR count). The highest BCUT2D eigenvalue weighted by molar-refractivity contribution is 7.90. The molecule has 1 aromatic rings. The molecule has 0 radical (unpaired) electrons. The molecule has 0 spiro atoms. The third kappa shape index (κ3) is 3.78. The van der Waals surface area contributed by atoms with Crippen molar-refractivity contribution in [3.63, 3.8) is 0 Å². The minimum absolute atomic E-state index is 0.0203. The Morgan fingerprint density at radius 3 is 2.79 bits per heavy atom. The molecule has 1 heterocycles. The Balaban J connectivity index is 2.25. The molecular formula is C13H18N2O3S. The molecule has 0 fully saturated rings. The normalized spacial score (nSPS) is 17.3. The molecule has 6 heteroatoms. The van der Waals surface area contributed by atoms with Crippen molar-refractivity contribution in [1.82, 2.24) is 0 Å². The van der Waals surface area contributed by atoms with E-state index in [-0.39, 0.29) is 11.7 Å². The van der Waals surface area contributed by atoms with Crippen molar-refractivity contribution in [3.05, 3.63) is 29.3 Å². The van der Waals surface area contributed by atoms with Gasteiger partial charge in [-0.1, -0.05) is 12.1 Å². The maximum atomic E-state index is 11.4. The smallest absolute Gasteiger partial charge is 0.224 e. The topological polar surface area (TPSA) is 89.3 Å². The fraction of sp³-hybridized carbons (Fsp3) is 0.462. The van der Waals surface area contributed by atoms with Crippen LogP contribution in [0, 0.1) is 0 Å². The molecule has 0 aromatic heterocycles. The summed E-state index contributed by atoms with van der Waals surface area (Å²) in [4.78, 5) is 11.4. The van der Waals surface area contributed by atoms with Gasteiger partial charge in [-0.15, -0.1) is 0 Å². The predicted octanol–water partition coefficient (Wildman–Crippen LogP) is 1.01. The van der Waals surface area contributed by atoms with Gasteiger partial charge in [0, 0.05) is 24.4 Å². The maximum absolute atomic E-state index is 11.4. The summed E-state index contributed by atoms with van der Waals surface area (Å²) in [5.41, 5.74) is 8.53. The van der Waals surface area contributed by atoms with Crippen molar-refractivity contribution in [3.8, 4) is 0 Å². The third-order valence-corrected chi connectivity index (χ3v) is 4.13. The van der Waals surface area contributed by atoms with E-state index in [4.69, 9.17) is 5.73 Å². The number of rotatable bonds is 3. The molecule has 1 atom stereocenters. The summed E-state index contributed by atoms with van der Waals surface area (Å²) in [6.45, 7) is 0. The van der Waals surface area contributed by atoms with Crippen LogP contribution in [0.15, 0.2) is 18.2 Å². The zero-order valence-corrected chi connectivity index (χ0v) is 11.7. The van der Waals surface area contributed by atoms with Gasteiger partial charge in [0.05, 0.1) is 5.75 Å². The number of hydrogen-bond donors (Lipinski definition) is 2. The predicted molar refractivity (Wildman–Crippen MR) is 74.6 cm³/mol. The molecule has 1 aliphatic rings. The van der Waals surface area contributed by atoms with Crippen molar-refractivity contribution in [2.24, 2.45) is 5.73 Å². The number of amides is 1. The summed E-state index contributed by atoms with van der Waals surface area (Å²) in [7, 11) is -3.10. The number of hydrogen-bond acceptors (Lipinski definition) is 4. The van der Waals surface area contributed by atoms with Crippen LogP contribution in [0.1, 0.15) is 30.0 Å². The first-order chi connectivity index (χ1) is 8.85. The molecule has 0 saturated heterocycles. The molecule has 104 valence electrons. The minimum atomic E-state index is -3.10. The molecule has 19 heavy (non-hydrogen) atoms. The molecular weight excluding hydrogens is 264 g/mol. The Morgan fingerprint density at radius 2 is 2.11 bits per heavy atom. The Labute approximate surface area is 113 Å². The van der Waals surface area contributed by atoms with Crippen molar-refractivity contribution >= 4 is 21.4 Å². The van der Waals surface area contributed by atoms with Gasteiger partial charge in [0.1, 0.15) is 9.84 Å². The minimum Gasteiger partial charge on any atom is -0.326 e. The average molecular weight is 282 g/mol. The van der Waals surface area contributed by atoms with E-state index >= 15 is 0 Å². The number of nitrogens with one attached hydrogen (secondary N) is 1. The van der Waals surface area contributed by atoms with E-state index in [1.165, 1.54) is 6.26 Å². The van der Waals surface area contributed by atoms with Gasteiger partial charge in [0.2, 0.25) is 5.91 Å². The fourth-order valence-electron chi connectivity index (χ4n) is 2.25. The summed E-state index contributed by atoms with van der Waals surface area (Å²) in [6, 6.07) is 4.95. The zero-order chi connectivity index (χ0) is 14.0. The Hall–Kier alpha value is -1.40. The average Bonchev–Trinajstić information content (AvgIpc) is 2.46. The van der Waals surface area contributed by atoms with Crippen LogP contribution in [-0.4, -0.2) is 26.3 Å². The van der Waals surface area contributed by atoms with E-state index in [1.807, 2.05) is 6.07 Å². The number of carbonyl (C=O) groups excluding carboxylic acids is 1. The van der Waals surface area contributed by atoms with E-state index in [2.05, 4.69) is 5.32 Å². The Kier molecular flexibility index (Phi) is 3.91. The van der Waals surface area contributed by atoms with Crippen LogP contribution >= 0.6 is 0 Å².